The van der Waals surface area contributed by atoms with Crippen LogP contribution in [0, 0.1) is 5.92 Å². The number of aromatic nitrogens is 2. The van der Waals surface area contributed by atoms with E-state index in [4.69, 9.17) is 0 Å². The lowest BCUT2D eigenvalue weighted by Gasteiger charge is -2.32. The first-order chi connectivity index (χ1) is 8.40. The first-order valence-electron chi connectivity index (χ1n) is 7.12. The molecule has 2 aliphatic rings. The van der Waals surface area contributed by atoms with E-state index in [1.807, 2.05) is 0 Å². The highest BCUT2D eigenvalue weighted by atomic mass is 15.1. The Bertz CT molecular complexity index is 365. The van der Waals surface area contributed by atoms with Gasteiger partial charge in [-0.1, -0.05) is 13.3 Å². The van der Waals surface area contributed by atoms with Crippen LogP contribution >= 0.6 is 0 Å². The normalized spacial score (nSPS) is 29.5. The zero-order valence-corrected chi connectivity index (χ0v) is 10.7. The third kappa shape index (κ3) is 2.25. The van der Waals surface area contributed by atoms with Crippen LogP contribution in [-0.2, 0) is 0 Å². The van der Waals surface area contributed by atoms with Gasteiger partial charge in [-0.2, -0.15) is 0 Å². The number of imidazole rings is 1. The van der Waals surface area contributed by atoms with Crippen molar-refractivity contribution in [1.29, 1.82) is 0 Å². The Hall–Kier alpha value is -0.830. The van der Waals surface area contributed by atoms with Crippen molar-refractivity contribution >= 4 is 0 Å². The standard InChI is InChI=1S/C14H23N3/c1-2-3-11-8-15-7-6-13(11)14-9-16-10-17(14)12-4-5-12/h9-13,15H,2-8H2,1H3. The maximum atomic E-state index is 4.40. The molecular weight excluding hydrogens is 210 g/mol. The number of piperidine rings is 1. The minimum atomic E-state index is 0.735. The van der Waals surface area contributed by atoms with E-state index < -0.39 is 0 Å². The smallest absolute Gasteiger partial charge is 0.0950 e. The van der Waals surface area contributed by atoms with Gasteiger partial charge < -0.3 is 9.88 Å². The van der Waals surface area contributed by atoms with Crippen molar-refractivity contribution in [2.45, 2.75) is 51.0 Å². The second-order valence-electron chi connectivity index (χ2n) is 5.60. The van der Waals surface area contributed by atoms with Crippen LogP contribution in [0.15, 0.2) is 12.5 Å². The Kier molecular flexibility index (Phi) is 3.19. The molecule has 2 atom stereocenters. The van der Waals surface area contributed by atoms with Gasteiger partial charge in [-0.25, -0.2) is 4.98 Å². The van der Waals surface area contributed by atoms with Crippen LogP contribution in [0.25, 0.3) is 0 Å². The van der Waals surface area contributed by atoms with Gasteiger partial charge in [0.25, 0.3) is 0 Å². The number of hydrogen-bond acceptors (Lipinski definition) is 2. The lowest BCUT2D eigenvalue weighted by molar-refractivity contribution is 0.296. The Morgan fingerprint density at radius 1 is 1.41 bits per heavy atom. The van der Waals surface area contributed by atoms with E-state index in [2.05, 4.69) is 34.3 Å². The van der Waals surface area contributed by atoms with Crippen molar-refractivity contribution in [3.8, 4) is 0 Å². The van der Waals surface area contributed by atoms with Gasteiger partial charge in [0, 0.05) is 23.9 Å². The zero-order chi connectivity index (χ0) is 11.7. The Morgan fingerprint density at radius 2 is 2.29 bits per heavy atom. The summed E-state index contributed by atoms with van der Waals surface area (Å²) in [5.74, 6) is 1.54. The lowest BCUT2D eigenvalue weighted by atomic mass is 9.81. The van der Waals surface area contributed by atoms with Crippen LogP contribution < -0.4 is 5.32 Å². The molecule has 0 aromatic carbocycles. The molecule has 1 N–H and O–H groups in total. The van der Waals surface area contributed by atoms with Crippen molar-refractivity contribution in [3.63, 3.8) is 0 Å². The molecule has 3 heteroatoms. The van der Waals surface area contributed by atoms with E-state index in [9.17, 15) is 0 Å². The molecule has 2 unspecified atom stereocenters. The molecule has 94 valence electrons. The zero-order valence-electron chi connectivity index (χ0n) is 10.7. The van der Waals surface area contributed by atoms with Crippen molar-refractivity contribution < 1.29 is 0 Å². The summed E-state index contributed by atoms with van der Waals surface area (Å²) in [5.41, 5.74) is 1.51. The van der Waals surface area contributed by atoms with Gasteiger partial charge in [0.15, 0.2) is 0 Å². The molecule has 0 bridgehead atoms. The molecule has 1 saturated heterocycles. The van der Waals surface area contributed by atoms with Crippen LogP contribution in [0.4, 0.5) is 0 Å². The molecule has 2 fully saturated rings. The molecule has 1 saturated carbocycles. The third-order valence-corrected chi connectivity index (χ3v) is 4.28. The Morgan fingerprint density at radius 3 is 3.06 bits per heavy atom. The number of hydrogen-bond donors (Lipinski definition) is 1. The Labute approximate surface area is 104 Å². The number of nitrogens with one attached hydrogen (secondary N) is 1. The minimum absolute atomic E-state index is 0.735. The predicted molar refractivity (Wildman–Crippen MR) is 69.1 cm³/mol. The SMILES string of the molecule is CCCC1CNCCC1c1cncn1C1CC1. The summed E-state index contributed by atoms with van der Waals surface area (Å²) in [6.45, 7) is 4.65. The van der Waals surface area contributed by atoms with Crippen LogP contribution in [0.3, 0.4) is 0 Å². The number of nitrogens with zero attached hydrogens (tertiary/aromatic N) is 2. The van der Waals surface area contributed by atoms with Gasteiger partial charge in [-0.3, -0.25) is 0 Å². The van der Waals surface area contributed by atoms with Gasteiger partial charge in [0.05, 0.1) is 6.33 Å². The molecule has 1 aliphatic heterocycles. The monoisotopic (exact) mass is 233 g/mol. The molecule has 3 rings (SSSR count). The summed E-state index contributed by atoms with van der Waals surface area (Å²) in [6.07, 6.45) is 10.8. The average molecular weight is 233 g/mol. The fourth-order valence-corrected chi connectivity index (χ4v) is 3.25. The maximum absolute atomic E-state index is 4.40. The molecule has 1 aromatic heterocycles. The van der Waals surface area contributed by atoms with Crippen molar-refractivity contribution in [3.05, 3.63) is 18.2 Å². The second-order valence-corrected chi connectivity index (χ2v) is 5.60. The second kappa shape index (κ2) is 4.81. The van der Waals surface area contributed by atoms with Crippen LogP contribution in [0.1, 0.15) is 56.7 Å². The van der Waals surface area contributed by atoms with E-state index in [0.29, 0.717) is 0 Å². The highest BCUT2D eigenvalue weighted by Crippen LogP contribution is 2.40. The van der Waals surface area contributed by atoms with E-state index in [-0.39, 0.29) is 0 Å². The molecule has 17 heavy (non-hydrogen) atoms. The van der Waals surface area contributed by atoms with Gasteiger partial charge in [0.2, 0.25) is 0 Å². The Balaban J connectivity index is 1.81. The van der Waals surface area contributed by atoms with Crippen LogP contribution in [0.5, 0.6) is 0 Å². The predicted octanol–water partition coefficient (Wildman–Crippen LogP) is 2.71. The summed E-state index contributed by atoms with van der Waals surface area (Å²) < 4.78 is 2.46. The third-order valence-electron chi connectivity index (χ3n) is 4.28. The summed E-state index contributed by atoms with van der Waals surface area (Å²) in [7, 11) is 0. The number of rotatable bonds is 4. The average Bonchev–Trinajstić information content (AvgIpc) is 3.09. The maximum Gasteiger partial charge on any atom is 0.0950 e. The van der Waals surface area contributed by atoms with E-state index in [0.717, 1.165) is 17.9 Å². The van der Waals surface area contributed by atoms with E-state index in [1.54, 1.807) is 0 Å². The highest BCUT2D eigenvalue weighted by molar-refractivity contribution is 5.12. The van der Waals surface area contributed by atoms with Crippen LogP contribution in [0.2, 0.25) is 0 Å². The molecule has 1 aromatic rings. The van der Waals surface area contributed by atoms with Gasteiger partial charge in [-0.05, 0) is 44.7 Å². The van der Waals surface area contributed by atoms with Crippen molar-refractivity contribution in [2.75, 3.05) is 13.1 Å². The van der Waals surface area contributed by atoms with Gasteiger partial charge >= 0.3 is 0 Å². The summed E-state index contributed by atoms with van der Waals surface area (Å²) >= 11 is 0. The summed E-state index contributed by atoms with van der Waals surface area (Å²) in [6, 6.07) is 0.768. The highest BCUT2D eigenvalue weighted by Gasteiger charge is 2.32. The first-order valence-corrected chi connectivity index (χ1v) is 7.12. The molecule has 1 aliphatic carbocycles. The van der Waals surface area contributed by atoms with Crippen molar-refractivity contribution in [1.82, 2.24) is 14.9 Å². The largest absolute Gasteiger partial charge is 0.331 e. The van der Waals surface area contributed by atoms with Gasteiger partial charge in [0.1, 0.15) is 0 Å². The summed E-state index contributed by atoms with van der Waals surface area (Å²) in [5, 5.41) is 3.55. The lowest BCUT2D eigenvalue weighted by Crippen LogP contribution is -2.36. The first kappa shape index (κ1) is 11.3. The quantitative estimate of drug-likeness (QED) is 0.866. The van der Waals surface area contributed by atoms with Gasteiger partial charge in [-0.15, -0.1) is 0 Å². The molecule has 0 spiro atoms. The van der Waals surface area contributed by atoms with E-state index in [1.165, 1.54) is 50.9 Å². The molecule has 0 amide bonds. The fourth-order valence-electron chi connectivity index (χ4n) is 3.25. The molecular formula is C14H23N3. The fraction of sp³-hybridized carbons (Fsp3) is 0.786. The minimum Gasteiger partial charge on any atom is -0.331 e. The summed E-state index contributed by atoms with van der Waals surface area (Å²) in [4.78, 5) is 4.40. The van der Waals surface area contributed by atoms with Crippen LogP contribution in [-0.4, -0.2) is 22.6 Å². The molecule has 3 nitrogen and oxygen atoms in total. The van der Waals surface area contributed by atoms with E-state index >= 15 is 0 Å². The molecule has 2 heterocycles. The molecule has 0 radical (unpaired) electrons. The topological polar surface area (TPSA) is 29.9 Å². The van der Waals surface area contributed by atoms with Crippen molar-refractivity contribution in [2.24, 2.45) is 5.92 Å².